The number of carbonyl (C=O) groups is 1. The summed E-state index contributed by atoms with van der Waals surface area (Å²) < 4.78 is 30.5. The molecular weight excluding hydrogens is 548 g/mol. The maximum atomic E-state index is 13.7. The van der Waals surface area contributed by atoms with E-state index < -0.39 is 15.5 Å². The third kappa shape index (κ3) is 5.39. The van der Waals surface area contributed by atoms with Crippen LogP contribution in [-0.4, -0.2) is 67.4 Å². The zero-order chi connectivity index (χ0) is 28.8. The summed E-state index contributed by atoms with van der Waals surface area (Å²) in [5, 5.41) is 0.918. The van der Waals surface area contributed by atoms with Crippen LogP contribution in [0, 0.1) is 18.8 Å². The Morgan fingerprint density at radius 3 is 2.33 bits per heavy atom. The average molecular weight is 585 g/mol. The van der Waals surface area contributed by atoms with Gasteiger partial charge in [0.05, 0.1) is 10.4 Å². The molecule has 2 aliphatic rings. The Morgan fingerprint density at radius 1 is 1.00 bits per heavy atom. The molecule has 1 aromatic heterocycles. The van der Waals surface area contributed by atoms with E-state index in [2.05, 4.69) is 18.7 Å². The molecule has 40 heavy (non-hydrogen) atoms. The highest BCUT2D eigenvalue weighted by molar-refractivity contribution is 7.89. The van der Waals surface area contributed by atoms with E-state index in [-0.39, 0.29) is 33.6 Å². The van der Waals surface area contributed by atoms with Crippen molar-refractivity contribution >= 4 is 44.1 Å². The highest BCUT2D eigenvalue weighted by Gasteiger charge is 2.32. The summed E-state index contributed by atoms with van der Waals surface area (Å²) in [6.07, 6.45) is 2.60. The number of sulfonamides is 1. The number of carbonyl (C=O) groups excluding carboxylic acids is 1. The number of hydrogen-bond acceptors (Lipinski definition) is 5. The van der Waals surface area contributed by atoms with Gasteiger partial charge in [0.15, 0.2) is 0 Å². The molecule has 0 radical (unpaired) electrons. The molecule has 0 saturated carbocycles. The molecule has 0 aliphatic carbocycles. The molecule has 0 bridgehead atoms. The number of benzene rings is 2. The Balaban J connectivity index is 1.45. The number of fused-ring (bicyclic) bond motifs is 1. The van der Waals surface area contributed by atoms with Gasteiger partial charge in [0.1, 0.15) is 5.56 Å². The van der Waals surface area contributed by atoms with Gasteiger partial charge in [-0.1, -0.05) is 31.5 Å². The monoisotopic (exact) mass is 584 g/mol. The lowest BCUT2D eigenvalue weighted by molar-refractivity contribution is 0.0745. The highest BCUT2D eigenvalue weighted by atomic mass is 35.5. The van der Waals surface area contributed by atoms with E-state index in [4.69, 9.17) is 11.6 Å². The van der Waals surface area contributed by atoms with Crippen molar-refractivity contribution in [3.8, 4) is 0 Å². The number of piperidine rings is 1. The zero-order valence-electron chi connectivity index (χ0n) is 23.6. The summed E-state index contributed by atoms with van der Waals surface area (Å²) in [5.41, 5.74) is 2.41. The molecule has 0 unspecified atom stereocenters. The minimum absolute atomic E-state index is 0.0662. The van der Waals surface area contributed by atoms with Crippen LogP contribution < -0.4 is 10.3 Å². The number of aromatic nitrogens is 1. The van der Waals surface area contributed by atoms with Crippen molar-refractivity contribution in [1.29, 1.82) is 0 Å². The van der Waals surface area contributed by atoms with Gasteiger partial charge in [-0.15, -0.1) is 0 Å². The molecule has 8 nitrogen and oxygen atoms in total. The van der Waals surface area contributed by atoms with E-state index >= 15 is 0 Å². The Bertz CT molecular complexity index is 1600. The topological polar surface area (TPSA) is 82.9 Å². The summed E-state index contributed by atoms with van der Waals surface area (Å²) in [6, 6.07) is 10.5. The van der Waals surface area contributed by atoms with Crippen molar-refractivity contribution in [2.75, 3.05) is 44.2 Å². The number of rotatable bonds is 5. The quantitative estimate of drug-likeness (QED) is 0.437. The van der Waals surface area contributed by atoms with Crippen LogP contribution in [0.2, 0.25) is 5.02 Å². The van der Waals surface area contributed by atoms with Crippen LogP contribution in [0.4, 0.5) is 5.69 Å². The molecule has 214 valence electrons. The first-order valence-corrected chi connectivity index (χ1v) is 15.8. The van der Waals surface area contributed by atoms with Gasteiger partial charge in [-0.05, 0) is 68.0 Å². The predicted octanol–water partition coefficient (Wildman–Crippen LogP) is 4.61. The fourth-order valence-corrected chi connectivity index (χ4v) is 8.02. The minimum atomic E-state index is -3.77. The molecule has 3 heterocycles. The number of amides is 1. The predicted molar refractivity (Wildman–Crippen MR) is 160 cm³/mol. The molecule has 0 spiro atoms. The molecule has 0 N–H and O–H groups in total. The molecular formula is C30H37ClN4O4S. The van der Waals surface area contributed by atoms with Crippen LogP contribution in [0.1, 0.15) is 43.1 Å². The van der Waals surface area contributed by atoms with Gasteiger partial charge in [0.25, 0.3) is 5.91 Å². The fraction of sp³-hybridized carbons (Fsp3) is 0.467. The smallest absolute Gasteiger partial charge is 0.259 e. The number of pyridine rings is 1. The summed E-state index contributed by atoms with van der Waals surface area (Å²) in [7, 11) is -3.77. The van der Waals surface area contributed by atoms with Gasteiger partial charge in [-0.2, -0.15) is 4.31 Å². The molecule has 2 aromatic carbocycles. The van der Waals surface area contributed by atoms with Gasteiger partial charge in [0.2, 0.25) is 15.5 Å². The molecule has 5 rings (SSSR count). The van der Waals surface area contributed by atoms with Crippen LogP contribution in [-0.2, 0) is 16.6 Å². The largest absolute Gasteiger partial charge is 0.368 e. The minimum Gasteiger partial charge on any atom is -0.368 e. The summed E-state index contributed by atoms with van der Waals surface area (Å²) in [6.45, 7) is 11.7. The lowest BCUT2D eigenvalue weighted by Crippen LogP contribution is -2.49. The van der Waals surface area contributed by atoms with Crippen LogP contribution in [0.5, 0.6) is 0 Å². The molecule has 2 atom stereocenters. The third-order valence-electron chi connectivity index (χ3n) is 8.17. The van der Waals surface area contributed by atoms with E-state index in [0.717, 1.165) is 17.7 Å². The van der Waals surface area contributed by atoms with Gasteiger partial charge in [-0.25, -0.2) is 8.42 Å². The SMILES string of the molecule is CCn1cc(C(=O)N2CCN(c3cc(Cl)ccc3C)CC2)c(=O)c2cc(S(=O)(=O)N3C[C@H](C)C[C@H](C)C3)ccc21. The van der Waals surface area contributed by atoms with Gasteiger partial charge in [0, 0.05) is 68.1 Å². The number of hydrogen-bond donors (Lipinski definition) is 0. The lowest BCUT2D eigenvalue weighted by Gasteiger charge is -2.37. The summed E-state index contributed by atoms with van der Waals surface area (Å²) in [5.74, 6) is 0.205. The van der Waals surface area contributed by atoms with E-state index in [9.17, 15) is 18.0 Å². The maximum absolute atomic E-state index is 13.7. The van der Waals surface area contributed by atoms with Crippen molar-refractivity contribution in [3.63, 3.8) is 0 Å². The second kappa shape index (κ2) is 11.2. The number of piperazine rings is 1. The molecule has 10 heteroatoms. The number of nitrogens with zero attached hydrogens (tertiary/aromatic N) is 4. The third-order valence-corrected chi connectivity index (χ3v) is 10.2. The van der Waals surface area contributed by atoms with Crippen LogP contribution in [0.25, 0.3) is 10.9 Å². The summed E-state index contributed by atoms with van der Waals surface area (Å²) in [4.78, 5) is 31.4. The molecule has 2 saturated heterocycles. The second-order valence-electron chi connectivity index (χ2n) is 11.3. The van der Waals surface area contributed by atoms with Crippen LogP contribution in [0.3, 0.4) is 0 Å². The number of aryl methyl sites for hydroxylation is 2. The average Bonchev–Trinajstić information content (AvgIpc) is 2.93. The van der Waals surface area contributed by atoms with Crippen LogP contribution in [0.15, 0.2) is 52.3 Å². The van der Waals surface area contributed by atoms with Crippen molar-refractivity contribution < 1.29 is 13.2 Å². The van der Waals surface area contributed by atoms with Crippen LogP contribution >= 0.6 is 11.6 Å². The normalized spacial score (nSPS) is 20.7. The Hall–Kier alpha value is -2.88. The van der Waals surface area contributed by atoms with Crippen molar-refractivity contribution in [3.05, 3.63) is 69.0 Å². The molecule has 3 aromatic rings. The first kappa shape index (κ1) is 28.6. The number of halogens is 1. The highest BCUT2D eigenvalue weighted by Crippen LogP contribution is 2.29. The van der Waals surface area contributed by atoms with E-state index in [1.807, 2.05) is 36.6 Å². The van der Waals surface area contributed by atoms with Gasteiger partial charge < -0.3 is 14.4 Å². The second-order valence-corrected chi connectivity index (χ2v) is 13.7. The zero-order valence-corrected chi connectivity index (χ0v) is 25.1. The van der Waals surface area contributed by atoms with E-state index in [1.54, 1.807) is 23.2 Å². The van der Waals surface area contributed by atoms with Gasteiger partial charge >= 0.3 is 0 Å². The first-order valence-electron chi connectivity index (χ1n) is 14.0. The molecule has 2 fully saturated rings. The molecule has 2 aliphatic heterocycles. The van der Waals surface area contributed by atoms with Crippen molar-refractivity contribution in [2.45, 2.75) is 45.6 Å². The Labute approximate surface area is 241 Å². The Morgan fingerprint density at radius 2 is 1.68 bits per heavy atom. The summed E-state index contributed by atoms with van der Waals surface area (Å²) >= 11 is 6.22. The van der Waals surface area contributed by atoms with E-state index in [0.29, 0.717) is 56.4 Å². The van der Waals surface area contributed by atoms with E-state index in [1.165, 1.54) is 10.4 Å². The Kier molecular flexibility index (Phi) is 8.01. The number of anilines is 1. The van der Waals surface area contributed by atoms with Crippen molar-refractivity contribution in [1.82, 2.24) is 13.8 Å². The maximum Gasteiger partial charge on any atom is 0.259 e. The standard InChI is InChI=1S/C30H37ClN4O4S/c1-5-32-19-26(30(37)34-12-10-33(11-13-34)28-15-23(31)7-6-22(28)4)29(36)25-16-24(8-9-27(25)32)40(38,39)35-17-20(2)14-21(3)18-35/h6-9,15-16,19-21H,5,10-14,17-18H2,1-4H3/t20-,21+. The molecule has 1 amide bonds. The first-order chi connectivity index (χ1) is 19.0. The lowest BCUT2D eigenvalue weighted by atomic mass is 9.94. The van der Waals surface area contributed by atoms with Gasteiger partial charge in [-0.3, -0.25) is 9.59 Å². The fourth-order valence-electron chi connectivity index (χ4n) is 6.15. The van der Waals surface area contributed by atoms with Crippen molar-refractivity contribution in [2.24, 2.45) is 11.8 Å².